The summed E-state index contributed by atoms with van der Waals surface area (Å²) in [4.78, 5) is 11.6. The van der Waals surface area contributed by atoms with Crippen LogP contribution >= 0.6 is 0 Å². The molecule has 0 radical (unpaired) electrons. The van der Waals surface area contributed by atoms with E-state index in [1.165, 1.54) is 0 Å². The van der Waals surface area contributed by atoms with E-state index in [0.29, 0.717) is 139 Å². The van der Waals surface area contributed by atoms with Gasteiger partial charge in [0.15, 0.2) is 0 Å². The Morgan fingerprint density at radius 3 is 1.25 bits per heavy atom. The van der Waals surface area contributed by atoms with Crippen LogP contribution in [0.1, 0.15) is 54.9 Å². The van der Waals surface area contributed by atoms with E-state index in [1.807, 2.05) is 59.3 Å². The molecule has 0 unspecified atom stereocenters. The summed E-state index contributed by atoms with van der Waals surface area (Å²) < 4.78 is 74.2. The molecule has 1 aliphatic rings. The number of rotatable bonds is 34. The largest absolute Gasteiger partial charge is 0.498 e. The minimum atomic E-state index is -0.476. The van der Waals surface area contributed by atoms with Gasteiger partial charge in [-0.3, -0.25) is 9.48 Å². The van der Waals surface area contributed by atoms with Crippen LogP contribution in [0.5, 0.6) is 0 Å². The van der Waals surface area contributed by atoms with E-state index >= 15 is 0 Å². The lowest BCUT2D eigenvalue weighted by molar-refractivity contribution is -0.156. The lowest BCUT2D eigenvalue weighted by Crippen LogP contribution is -2.41. The average molecular weight is 763 g/mol. The summed E-state index contributed by atoms with van der Waals surface area (Å²) in [6, 6.07) is 0. The number of ether oxygens (including phenoxy) is 11. The number of hydrogen-bond acceptors (Lipinski definition) is 15. The number of carbonyl (C=O) groups excluding carboxylic acids is 1. The van der Waals surface area contributed by atoms with Crippen LogP contribution in [0.2, 0.25) is 0 Å². The zero-order valence-corrected chi connectivity index (χ0v) is 33.4. The third kappa shape index (κ3) is 23.7. The Morgan fingerprint density at radius 1 is 0.585 bits per heavy atom. The average Bonchev–Trinajstić information content (AvgIpc) is 3.64. The van der Waals surface area contributed by atoms with Crippen molar-refractivity contribution in [3.8, 4) is 0 Å². The molecule has 0 N–H and O–H groups in total. The molecule has 0 spiro atoms. The van der Waals surface area contributed by atoms with Crippen LogP contribution in [0.4, 0.5) is 0 Å². The molecule has 1 aromatic heterocycles. The molecule has 2 heterocycles. The maximum absolute atomic E-state index is 11.6. The van der Waals surface area contributed by atoms with Crippen molar-refractivity contribution in [2.75, 3.05) is 132 Å². The quantitative estimate of drug-likeness (QED) is 0.0572. The summed E-state index contributed by atoms with van der Waals surface area (Å²) in [6.45, 7) is 23.8. The number of nitrogens with zero attached hydrogens (tertiary/aromatic N) is 2. The topological polar surface area (TPSA) is 155 Å². The van der Waals surface area contributed by atoms with Crippen molar-refractivity contribution >= 4 is 18.6 Å². The van der Waals surface area contributed by atoms with Gasteiger partial charge in [-0.1, -0.05) is 0 Å². The molecule has 308 valence electrons. The minimum Gasteiger partial charge on any atom is -0.460 e. The van der Waals surface area contributed by atoms with Crippen molar-refractivity contribution in [1.82, 2.24) is 9.78 Å². The standard InChI is InChI=1S/C36H67BN2O14/c1-34(2,3)51-33(40)8-10-41-12-14-43-16-18-45-20-22-47-24-26-49-28-29-50-27-25-48-23-21-46-19-17-44-15-13-42-11-9-39-31-32(30-38-39)37-52-35(4,5)36(6,7)53-37/h30-31H,8-29H2,1-7H3. The highest BCUT2D eigenvalue weighted by molar-refractivity contribution is 6.62. The van der Waals surface area contributed by atoms with E-state index in [9.17, 15) is 4.79 Å². The zero-order valence-electron chi connectivity index (χ0n) is 33.4. The molecular weight excluding hydrogens is 695 g/mol. The number of hydrogen-bond donors (Lipinski definition) is 0. The molecular formula is C36H67BN2O14. The first-order chi connectivity index (χ1) is 25.4. The molecule has 53 heavy (non-hydrogen) atoms. The van der Waals surface area contributed by atoms with Crippen molar-refractivity contribution in [2.45, 2.75) is 78.2 Å². The van der Waals surface area contributed by atoms with Gasteiger partial charge in [0.2, 0.25) is 0 Å². The van der Waals surface area contributed by atoms with Gasteiger partial charge in [0.05, 0.1) is 156 Å². The van der Waals surface area contributed by atoms with Gasteiger partial charge in [0.1, 0.15) is 5.60 Å². The number of esters is 1. The fourth-order valence-electron chi connectivity index (χ4n) is 4.39. The van der Waals surface area contributed by atoms with E-state index in [4.69, 9.17) is 61.4 Å². The molecule has 1 saturated heterocycles. The fourth-order valence-corrected chi connectivity index (χ4v) is 4.39. The van der Waals surface area contributed by atoms with Gasteiger partial charge >= 0.3 is 13.1 Å². The van der Waals surface area contributed by atoms with Crippen LogP contribution in [0, 0.1) is 0 Å². The molecule has 0 aliphatic carbocycles. The Morgan fingerprint density at radius 2 is 0.906 bits per heavy atom. The number of aromatic nitrogens is 2. The third-order valence-electron chi connectivity index (χ3n) is 7.86. The van der Waals surface area contributed by atoms with Crippen LogP contribution < -0.4 is 5.46 Å². The Hall–Kier alpha value is -1.74. The van der Waals surface area contributed by atoms with Gasteiger partial charge < -0.3 is 61.4 Å². The summed E-state index contributed by atoms with van der Waals surface area (Å²) in [5.41, 5.74) is -0.329. The van der Waals surface area contributed by atoms with Crippen LogP contribution in [-0.4, -0.2) is 172 Å². The summed E-state index contributed by atoms with van der Waals surface area (Å²) >= 11 is 0. The van der Waals surface area contributed by atoms with Crippen LogP contribution in [-0.2, 0) is 72.8 Å². The molecule has 0 aromatic carbocycles. The van der Waals surface area contributed by atoms with E-state index in [1.54, 1.807) is 6.20 Å². The predicted octanol–water partition coefficient (Wildman–Crippen LogP) is 2.08. The monoisotopic (exact) mass is 762 g/mol. The van der Waals surface area contributed by atoms with Gasteiger partial charge in [-0.25, -0.2) is 0 Å². The van der Waals surface area contributed by atoms with Gasteiger partial charge in [-0.05, 0) is 48.5 Å². The van der Waals surface area contributed by atoms with Crippen molar-refractivity contribution in [3.05, 3.63) is 12.4 Å². The van der Waals surface area contributed by atoms with E-state index in [2.05, 4.69) is 5.10 Å². The Bertz CT molecular complexity index is 1040. The lowest BCUT2D eigenvalue weighted by atomic mass is 9.82. The maximum atomic E-state index is 11.6. The molecule has 2 rings (SSSR count). The predicted molar refractivity (Wildman–Crippen MR) is 197 cm³/mol. The van der Waals surface area contributed by atoms with E-state index < -0.39 is 12.7 Å². The first-order valence-electron chi connectivity index (χ1n) is 18.8. The van der Waals surface area contributed by atoms with Crippen molar-refractivity contribution in [2.24, 2.45) is 0 Å². The molecule has 0 atom stereocenters. The molecule has 0 bridgehead atoms. The SMILES string of the molecule is CC(C)(C)OC(=O)CCOCCOCCOCCOCCOCCOCCOCCOCCOCCOCCn1cc(B2OC(C)(C)C(C)(C)O2)cn1. The van der Waals surface area contributed by atoms with Crippen LogP contribution in [0.3, 0.4) is 0 Å². The minimum absolute atomic E-state index is 0.230. The smallest absolute Gasteiger partial charge is 0.460 e. The second-order valence-electron chi connectivity index (χ2n) is 14.1. The van der Waals surface area contributed by atoms with Crippen molar-refractivity contribution in [1.29, 1.82) is 0 Å². The van der Waals surface area contributed by atoms with E-state index in [-0.39, 0.29) is 23.6 Å². The molecule has 1 aliphatic heterocycles. The lowest BCUT2D eigenvalue weighted by Gasteiger charge is -2.32. The molecule has 0 amide bonds. The zero-order chi connectivity index (χ0) is 38.7. The molecule has 17 heteroatoms. The second kappa shape index (κ2) is 27.8. The molecule has 1 aromatic rings. The summed E-state index contributed by atoms with van der Waals surface area (Å²) in [6.07, 6.45) is 3.95. The van der Waals surface area contributed by atoms with Crippen LogP contribution in [0.25, 0.3) is 0 Å². The fraction of sp³-hybridized carbons (Fsp3) is 0.889. The Kier molecular flexibility index (Phi) is 24.9. The van der Waals surface area contributed by atoms with Crippen LogP contribution in [0.15, 0.2) is 12.4 Å². The molecule has 1 fully saturated rings. The third-order valence-corrected chi connectivity index (χ3v) is 7.86. The highest BCUT2D eigenvalue weighted by Crippen LogP contribution is 2.36. The summed E-state index contributed by atoms with van der Waals surface area (Å²) in [7, 11) is -0.414. The summed E-state index contributed by atoms with van der Waals surface area (Å²) in [5.74, 6) is -0.266. The Labute approximate surface area is 317 Å². The number of carbonyl (C=O) groups is 1. The van der Waals surface area contributed by atoms with Gasteiger partial charge in [-0.2, -0.15) is 5.10 Å². The van der Waals surface area contributed by atoms with Gasteiger partial charge in [0, 0.05) is 17.9 Å². The van der Waals surface area contributed by atoms with Gasteiger partial charge in [0.25, 0.3) is 0 Å². The summed E-state index contributed by atoms with van der Waals surface area (Å²) in [5, 5.41) is 4.39. The normalized spacial score (nSPS) is 15.4. The van der Waals surface area contributed by atoms with Gasteiger partial charge in [-0.15, -0.1) is 0 Å². The first kappa shape index (κ1) is 47.4. The van der Waals surface area contributed by atoms with Crippen molar-refractivity contribution < 1.29 is 66.2 Å². The maximum Gasteiger partial charge on any atom is 0.498 e. The molecule has 0 saturated carbocycles. The Balaban J connectivity index is 1.20. The van der Waals surface area contributed by atoms with Crippen molar-refractivity contribution in [3.63, 3.8) is 0 Å². The first-order valence-corrected chi connectivity index (χ1v) is 18.8. The van der Waals surface area contributed by atoms with E-state index in [0.717, 1.165) is 5.46 Å². The highest BCUT2D eigenvalue weighted by Gasteiger charge is 2.52. The highest BCUT2D eigenvalue weighted by atomic mass is 16.7. The second-order valence-corrected chi connectivity index (χ2v) is 14.1. The molecule has 16 nitrogen and oxygen atoms in total.